The second-order valence-electron chi connectivity index (χ2n) is 6.87. The molecule has 1 amide bonds. The van der Waals surface area contributed by atoms with Crippen molar-refractivity contribution in [3.63, 3.8) is 0 Å². The van der Waals surface area contributed by atoms with E-state index in [0.717, 1.165) is 18.4 Å². The van der Waals surface area contributed by atoms with Gasteiger partial charge < -0.3 is 4.90 Å². The Bertz CT molecular complexity index is 1110. The number of rotatable bonds is 6. The van der Waals surface area contributed by atoms with Gasteiger partial charge in [-0.1, -0.05) is 30.3 Å². The van der Waals surface area contributed by atoms with Gasteiger partial charge in [0.1, 0.15) is 6.54 Å². The third-order valence-electron chi connectivity index (χ3n) is 4.83. The molecule has 0 saturated heterocycles. The molecule has 4 rings (SSSR count). The molecule has 0 bridgehead atoms. The summed E-state index contributed by atoms with van der Waals surface area (Å²) in [6, 6.07) is 13.8. The van der Waals surface area contributed by atoms with E-state index in [1.54, 1.807) is 4.90 Å². The third-order valence-corrected chi connectivity index (χ3v) is 4.83. The van der Waals surface area contributed by atoms with Gasteiger partial charge in [0.15, 0.2) is 0 Å². The lowest BCUT2D eigenvalue weighted by atomic mass is 10.2. The molecule has 1 heterocycles. The lowest BCUT2D eigenvalue weighted by Gasteiger charge is -2.23. The van der Waals surface area contributed by atoms with Gasteiger partial charge in [0.25, 0.3) is 11.2 Å². The first-order valence-corrected chi connectivity index (χ1v) is 9.00. The Kier molecular flexibility index (Phi) is 4.60. The van der Waals surface area contributed by atoms with Crippen LogP contribution in [-0.2, 0) is 17.9 Å². The van der Waals surface area contributed by atoms with Crippen molar-refractivity contribution in [3.05, 3.63) is 80.9 Å². The summed E-state index contributed by atoms with van der Waals surface area (Å²) < 4.78 is 1.22. The molecule has 0 spiro atoms. The predicted molar refractivity (Wildman–Crippen MR) is 103 cm³/mol. The van der Waals surface area contributed by atoms with Crippen LogP contribution in [0.25, 0.3) is 10.9 Å². The van der Waals surface area contributed by atoms with Gasteiger partial charge in [-0.3, -0.25) is 24.3 Å². The maximum atomic E-state index is 12.9. The molecule has 1 aliphatic carbocycles. The van der Waals surface area contributed by atoms with Crippen LogP contribution < -0.4 is 5.56 Å². The average molecular weight is 378 g/mol. The second-order valence-corrected chi connectivity index (χ2v) is 6.87. The van der Waals surface area contributed by atoms with Crippen molar-refractivity contribution in [2.75, 3.05) is 0 Å². The Morgan fingerprint density at radius 2 is 1.96 bits per heavy atom. The number of fused-ring (bicyclic) bond motifs is 1. The summed E-state index contributed by atoms with van der Waals surface area (Å²) in [6.45, 7) is 0.347. The SMILES string of the molecule is O=C(Cn1cnc2ccc([N+](=O)[O-])cc2c1=O)N(Cc1ccccc1)C1CC1. The number of nitrogens with zero attached hydrogens (tertiary/aromatic N) is 4. The molecule has 28 heavy (non-hydrogen) atoms. The van der Waals surface area contributed by atoms with Crippen LogP contribution in [-0.4, -0.2) is 31.3 Å². The van der Waals surface area contributed by atoms with Crippen LogP contribution in [0.4, 0.5) is 5.69 Å². The van der Waals surface area contributed by atoms with Crippen LogP contribution in [0.3, 0.4) is 0 Å². The largest absolute Gasteiger partial charge is 0.334 e. The number of carbonyl (C=O) groups excluding carboxylic acids is 1. The Labute approximate surface area is 160 Å². The first-order valence-electron chi connectivity index (χ1n) is 9.00. The monoisotopic (exact) mass is 378 g/mol. The highest BCUT2D eigenvalue weighted by Gasteiger charge is 2.32. The van der Waals surface area contributed by atoms with E-state index in [2.05, 4.69) is 4.98 Å². The zero-order valence-corrected chi connectivity index (χ0v) is 15.0. The maximum absolute atomic E-state index is 12.9. The average Bonchev–Trinajstić information content (AvgIpc) is 3.54. The summed E-state index contributed by atoms with van der Waals surface area (Å²) in [5, 5.41) is 11.1. The number of amides is 1. The fraction of sp³-hybridized carbons (Fsp3) is 0.250. The number of benzene rings is 2. The summed E-state index contributed by atoms with van der Waals surface area (Å²) >= 11 is 0. The molecule has 0 N–H and O–H groups in total. The Hall–Kier alpha value is -3.55. The van der Waals surface area contributed by atoms with Crippen LogP contribution in [0.5, 0.6) is 0 Å². The molecule has 0 aliphatic heterocycles. The highest BCUT2D eigenvalue weighted by atomic mass is 16.6. The van der Waals surface area contributed by atoms with E-state index in [1.807, 2.05) is 30.3 Å². The van der Waals surface area contributed by atoms with Crippen LogP contribution in [0.1, 0.15) is 18.4 Å². The summed E-state index contributed by atoms with van der Waals surface area (Å²) in [5.74, 6) is -0.167. The molecule has 0 radical (unpaired) electrons. The summed E-state index contributed by atoms with van der Waals surface area (Å²) in [6.07, 6.45) is 3.23. The normalized spacial score (nSPS) is 13.4. The van der Waals surface area contributed by atoms with Gasteiger partial charge in [0.05, 0.1) is 22.2 Å². The molecule has 0 unspecified atom stereocenters. The zero-order valence-electron chi connectivity index (χ0n) is 15.0. The minimum Gasteiger partial charge on any atom is -0.334 e. The number of nitro benzene ring substituents is 1. The van der Waals surface area contributed by atoms with Crippen LogP contribution in [0.2, 0.25) is 0 Å². The summed E-state index contributed by atoms with van der Waals surface area (Å²) in [7, 11) is 0. The van der Waals surface area contributed by atoms with Crippen LogP contribution in [0.15, 0.2) is 59.7 Å². The Morgan fingerprint density at radius 1 is 1.21 bits per heavy atom. The summed E-state index contributed by atoms with van der Waals surface area (Å²) in [5.41, 5.74) is 0.752. The number of nitro groups is 1. The quantitative estimate of drug-likeness (QED) is 0.485. The van der Waals surface area contributed by atoms with Crippen molar-refractivity contribution in [2.45, 2.75) is 32.0 Å². The summed E-state index contributed by atoms with van der Waals surface area (Å²) in [4.78, 5) is 42.0. The van der Waals surface area contributed by atoms with E-state index in [4.69, 9.17) is 0 Å². The first-order chi connectivity index (χ1) is 13.5. The van der Waals surface area contributed by atoms with Crippen molar-refractivity contribution in [1.29, 1.82) is 0 Å². The van der Waals surface area contributed by atoms with Crippen molar-refractivity contribution >= 4 is 22.5 Å². The molecule has 8 heteroatoms. The molecule has 0 atom stereocenters. The molecule has 8 nitrogen and oxygen atoms in total. The molecule has 1 aliphatic rings. The van der Waals surface area contributed by atoms with Crippen LogP contribution >= 0.6 is 0 Å². The van der Waals surface area contributed by atoms with E-state index >= 15 is 0 Å². The van der Waals surface area contributed by atoms with Crippen molar-refractivity contribution in [1.82, 2.24) is 14.5 Å². The highest BCUT2D eigenvalue weighted by molar-refractivity contribution is 5.81. The van der Waals surface area contributed by atoms with E-state index in [-0.39, 0.29) is 29.6 Å². The topological polar surface area (TPSA) is 98.3 Å². The molecule has 142 valence electrons. The smallest absolute Gasteiger partial charge is 0.270 e. The number of non-ortho nitro benzene ring substituents is 1. The number of aromatic nitrogens is 2. The van der Waals surface area contributed by atoms with Crippen LogP contribution in [0, 0.1) is 10.1 Å². The molecular weight excluding hydrogens is 360 g/mol. The van der Waals surface area contributed by atoms with Crippen molar-refractivity contribution in [2.24, 2.45) is 0 Å². The third kappa shape index (κ3) is 3.62. The molecule has 2 aromatic carbocycles. The lowest BCUT2D eigenvalue weighted by Crippen LogP contribution is -2.37. The molecule has 3 aromatic rings. The van der Waals surface area contributed by atoms with E-state index in [0.29, 0.717) is 12.1 Å². The Morgan fingerprint density at radius 3 is 2.64 bits per heavy atom. The molecular formula is C20H18N4O4. The fourth-order valence-corrected chi connectivity index (χ4v) is 3.20. The van der Waals surface area contributed by atoms with E-state index in [1.165, 1.54) is 29.1 Å². The van der Waals surface area contributed by atoms with Gasteiger partial charge in [0.2, 0.25) is 5.91 Å². The minimum absolute atomic E-state index is 0.130. The number of carbonyl (C=O) groups is 1. The van der Waals surface area contributed by atoms with E-state index in [9.17, 15) is 19.7 Å². The van der Waals surface area contributed by atoms with Crippen molar-refractivity contribution in [3.8, 4) is 0 Å². The molecule has 1 aromatic heterocycles. The second kappa shape index (κ2) is 7.22. The van der Waals surface area contributed by atoms with Gasteiger partial charge in [-0.15, -0.1) is 0 Å². The van der Waals surface area contributed by atoms with Gasteiger partial charge in [0, 0.05) is 24.7 Å². The van der Waals surface area contributed by atoms with E-state index < -0.39 is 10.5 Å². The Balaban J connectivity index is 1.61. The lowest BCUT2D eigenvalue weighted by molar-refractivity contribution is -0.384. The first kappa shape index (κ1) is 17.8. The fourth-order valence-electron chi connectivity index (χ4n) is 3.20. The van der Waals surface area contributed by atoms with Gasteiger partial charge in [-0.25, -0.2) is 4.98 Å². The maximum Gasteiger partial charge on any atom is 0.270 e. The number of hydrogen-bond acceptors (Lipinski definition) is 5. The van der Waals surface area contributed by atoms with Gasteiger partial charge in [-0.2, -0.15) is 0 Å². The van der Waals surface area contributed by atoms with Gasteiger partial charge >= 0.3 is 0 Å². The highest BCUT2D eigenvalue weighted by Crippen LogP contribution is 2.28. The number of hydrogen-bond donors (Lipinski definition) is 0. The zero-order chi connectivity index (χ0) is 19.7. The van der Waals surface area contributed by atoms with Gasteiger partial charge in [-0.05, 0) is 24.5 Å². The van der Waals surface area contributed by atoms with Crippen molar-refractivity contribution < 1.29 is 9.72 Å². The standard InChI is InChI=1S/C20H18N4O4/c25-19(23(15-6-7-15)11-14-4-2-1-3-5-14)12-22-13-21-18-9-8-16(24(27)28)10-17(18)20(22)26/h1-5,8-10,13,15H,6-7,11-12H2. The molecule has 1 saturated carbocycles. The minimum atomic E-state index is -0.559. The predicted octanol–water partition coefficient (Wildman–Crippen LogP) is 2.50. The molecule has 1 fully saturated rings.